The van der Waals surface area contributed by atoms with Crippen LogP contribution in [0.25, 0.3) is 32.6 Å². The number of aryl methyl sites for hydroxylation is 2. The molecule has 32 heavy (non-hydrogen) atoms. The van der Waals surface area contributed by atoms with E-state index in [2.05, 4.69) is 44.6 Å². The molecule has 0 bridgehead atoms. The summed E-state index contributed by atoms with van der Waals surface area (Å²) in [6.45, 7) is 2.66. The molecule has 162 valence electrons. The molecule has 7 heteroatoms. The Kier molecular flexibility index (Phi) is 4.31. The van der Waals surface area contributed by atoms with Crippen molar-refractivity contribution < 1.29 is 0 Å². The fourth-order valence-electron chi connectivity index (χ4n) is 5.11. The highest BCUT2D eigenvalue weighted by Gasteiger charge is 2.22. The van der Waals surface area contributed by atoms with Gasteiger partial charge in [0, 0.05) is 41.3 Å². The molecule has 5 aromatic rings. The number of fused-ring (bicyclic) bond motifs is 6. The molecule has 1 aliphatic rings. The zero-order valence-corrected chi connectivity index (χ0v) is 18.3. The molecule has 0 atom stereocenters. The Bertz CT molecular complexity index is 1510. The zero-order chi connectivity index (χ0) is 21.8. The van der Waals surface area contributed by atoms with Crippen LogP contribution in [-0.4, -0.2) is 24.7 Å². The van der Waals surface area contributed by atoms with Crippen LogP contribution in [0.5, 0.6) is 0 Å². The number of aromatic nitrogens is 5. The highest BCUT2D eigenvalue weighted by Crippen LogP contribution is 2.38. The van der Waals surface area contributed by atoms with Crippen LogP contribution in [0.1, 0.15) is 48.8 Å². The van der Waals surface area contributed by atoms with Crippen LogP contribution < -0.4 is 10.9 Å². The van der Waals surface area contributed by atoms with Gasteiger partial charge in [-0.1, -0.05) is 18.9 Å². The molecule has 1 fully saturated rings. The number of aromatic amines is 2. The smallest absolute Gasteiger partial charge is 0.256 e. The molecular weight excluding hydrogens is 400 g/mol. The van der Waals surface area contributed by atoms with E-state index < -0.39 is 0 Å². The van der Waals surface area contributed by atoms with E-state index in [9.17, 15) is 4.79 Å². The maximum Gasteiger partial charge on any atom is 0.256 e. The molecule has 3 heterocycles. The van der Waals surface area contributed by atoms with Gasteiger partial charge in [-0.05, 0) is 49.4 Å². The number of imidazole rings is 1. The fourth-order valence-corrected chi connectivity index (χ4v) is 5.11. The predicted octanol–water partition coefficient (Wildman–Crippen LogP) is 4.87. The van der Waals surface area contributed by atoms with Gasteiger partial charge in [0.1, 0.15) is 5.82 Å². The zero-order valence-electron chi connectivity index (χ0n) is 18.3. The molecule has 0 radical (unpaired) electrons. The Morgan fingerprint density at radius 1 is 1.12 bits per heavy atom. The van der Waals surface area contributed by atoms with Gasteiger partial charge >= 0.3 is 0 Å². The first-order valence-corrected chi connectivity index (χ1v) is 11.3. The largest absolute Gasteiger partial charge is 0.379 e. The van der Waals surface area contributed by atoms with Crippen LogP contribution in [0.15, 0.2) is 41.3 Å². The monoisotopic (exact) mass is 426 g/mol. The van der Waals surface area contributed by atoms with Crippen LogP contribution in [0.3, 0.4) is 0 Å². The second-order valence-corrected chi connectivity index (χ2v) is 8.94. The second kappa shape index (κ2) is 7.22. The first kappa shape index (κ1) is 19.1. The Balaban J connectivity index is 1.51. The van der Waals surface area contributed by atoms with Gasteiger partial charge in [-0.25, -0.2) is 4.98 Å². The molecule has 2 aromatic carbocycles. The van der Waals surface area contributed by atoms with Crippen molar-refractivity contribution in [1.82, 2.24) is 24.7 Å². The molecule has 3 aromatic heterocycles. The quantitative estimate of drug-likeness (QED) is 0.358. The Labute approximate surface area is 184 Å². The summed E-state index contributed by atoms with van der Waals surface area (Å²) in [7, 11) is 1.95. The number of rotatable bonds is 4. The van der Waals surface area contributed by atoms with Gasteiger partial charge in [0.15, 0.2) is 0 Å². The average molecular weight is 427 g/mol. The number of pyridine rings is 1. The Hall–Kier alpha value is -3.61. The van der Waals surface area contributed by atoms with E-state index >= 15 is 0 Å². The van der Waals surface area contributed by atoms with Crippen LogP contribution in [0.2, 0.25) is 0 Å². The number of hydrogen-bond acceptors (Lipinski definition) is 4. The van der Waals surface area contributed by atoms with Crippen molar-refractivity contribution in [2.24, 2.45) is 7.05 Å². The highest BCUT2D eigenvalue weighted by molar-refractivity contribution is 6.23. The van der Waals surface area contributed by atoms with Crippen LogP contribution >= 0.6 is 0 Å². The van der Waals surface area contributed by atoms with Crippen molar-refractivity contribution in [3.63, 3.8) is 0 Å². The van der Waals surface area contributed by atoms with Gasteiger partial charge in [0.2, 0.25) is 0 Å². The number of anilines is 1. The molecule has 1 aliphatic carbocycles. The van der Waals surface area contributed by atoms with Crippen molar-refractivity contribution in [2.75, 3.05) is 5.32 Å². The van der Waals surface area contributed by atoms with Crippen molar-refractivity contribution in [2.45, 2.75) is 45.1 Å². The first-order valence-electron chi connectivity index (χ1n) is 11.3. The maximum atomic E-state index is 12.9. The lowest BCUT2D eigenvalue weighted by Gasteiger charge is -2.09. The van der Waals surface area contributed by atoms with Gasteiger partial charge < -0.3 is 15.3 Å². The van der Waals surface area contributed by atoms with Gasteiger partial charge in [-0.2, -0.15) is 5.10 Å². The lowest BCUT2D eigenvalue weighted by atomic mass is 10.0. The Morgan fingerprint density at radius 3 is 2.75 bits per heavy atom. The maximum absolute atomic E-state index is 12.9. The predicted molar refractivity (Wildman–Crippen MR) is 128 cm³/mol. The normalized spacial score (nSPS) is 14.8. The molecule has 0 amide bonds. The number of nitrogens with zero attached hydrogens (tertiary/aromatic N) is 3. The summed E-state index contributed by atoms with van der Waals surface area (Å²) >= 11 is 0. The van der Waals surface area contributed by atoms with Crippen molar-refractivity contribution in [3.8, 4) is 0 Å². The minimum Gasteiger partial charge on any atom is -0.379 e. The van der Waals surface area contributed by atoms with Crippen LogP contribution in [0.4, 0.5) is 5.69 Å². The standard InChI is InChI=1S/C25H26N6O/c1-14-11-17(30-31(14)2)13-27-16-7-8-18-20(12-16)21-19(9-10-26-25(21)32)23-22(18)28-24(29-23)15-5-3-4-6-15/h7-12,15,27H,3-6,13H2,1-2H3,(H,26,32)(H,28,29). The summed E-state index contributed by atoms with van der Waals surface area (Å²) in [6, 6.07) is 10.3. The van der Waals surface area contributed by atoms with E-state index in [1.807, 2.05) is 24.7 Å². The SMILES string of the molecule is Cc1cc(CNc2ccc3c(c2)c2c(=O)[nH]ccc2c2[nH]c(C4CCCC4)nc32)nn1C. The third-order valence-electron chi connectivity index (χ3n) is 6.88. The molecular formula is C25H26N6O. The average Bonchev–Trinajstić information content (AvgIpc) is 3.53. The molecule has 0 spiro atoms. The van der Waals surface area contributed by atoms with Crippen molar-refractivity contribution in [3.05, 3.63) is 64.1 Å². The third-order valence-corrected chi connectivity index (χ3v) is 6.88. The van der Waals surface area contributed by atoms with Gasteiger partial charge in [-0.3, -0.25) is 9.48 Å². The molecule has 0 saturated heterocycles. The third kappa shape index (κ3) is 2.99. The van der Waals surface area contributed by atoms with E-state index in [1.54, 1.807) is 6.20 Å². The van der Waals surface area contributed by atoms with E-state index in [0.717, 1.165) is 50.1 Å². The summed E-state index contributed by atoms with van der Waals surface area (Å²) in [6.07, 6.45) is 6.59. The lowest BCUT2D eigenvalue weighted by Crippen LogP contribution is -2.06. The summed E-state index contributed by atoms with van der Waals surface area (Å²) in [5.74, 6) is 1.54. The Morgan fingerprint density at radius 2 is 1.97 bits per heavy atom. The van der Waals surface area contributed by atoms with Crippen LogP contribution in [-0.2, 0) is 13.6 Å². The summed E-state index contributed by atoms with van der Waals surface area (Å²) in [5.41, 5.74) is 4.89. The van der Waals surface area contributed by atoms with E-state index in [0.29, 0.717) is 17.8 Å². The molecule has 1 saturated carbocycles. The topological polar surface area (TPSA) is 91.4 Å². The van der Waals surface area contributed by atoms with Gasteiger partial charge in [0.25, 0.3) is 5.56 Å². The number of H-pyrrole nitrogens is 2. The van der Waals surface area contributed by atoms with Crippen LogP contribution in [0, 0.1) is 6.92 Å². The second-order valence-electron chi connectivity index (χ2n) is 8.94. The molecule has 3 N–H and O–H groups in total. The van der Waals surface area contributed by atoms with Gasteiger partial charge in [0.05, 0.1) is 28.7 Å². The van der Waals surface area contributed by atoms with Crippen molar-refractivity contribution >= 4 is 38.3 Å². The van der Waals surface area contributed by atoms with E-state index in [1.165, 1.54) is 25.7 Å². The number of benzene rings is 2. The highest BCUT2D eigenvalue weighted by atomic mass is 16.1. The number of nitrogens with one attached hydrogen (secondary N) is 3. The van der Waals surface area contributed by atoms with E-state index in [4.69, 9.17) is 4.98 Å². The van der Waals surface area contributed by atoms with Gasteiger partial charge in [-0.15, -0.1) is 0 Å². The fraction of sp³-hybridized carbons (Fsp3) is 0.320. The minimum absolute atomic E-state index is 0.0797. The minimum atomic E-state index is -0.0797. The lowest BCUT2D eigenvalue weighted by molar-refractivity contribution is 0.681. The number of hydrogen-bond donors (Lipinski definition) is 3. The van der Waals surface area contributed by atoms with E-state index in [-0.39, 0.29) is 5.56 Å². The molecule has 6 rings (SSSR count). The molecule has 0 unspecified atom stereocenters. The molecule has 0 aliphatic heterocycles. The summed E-state index contributed by atoms with van der Waals surface area (Å²) < 4.78 is 1.88. The summed E-state index contributed by atoms with van der Waals surface area (Å²) in [5, 5.41) is 11.5. The van der Waals surface area contributed by atoms with Crippen molar-refractivity contribution in [1.29, 1.82) is 0 Å². The first-order chi connectivity index (χ1) is 15.6. The summed E-state index contributed by atoms with van der Waals surface area (Å²) in [4.78, 5) is 24.4. The molecule has 7 nitrogen and oxygen atoms in total.